The summed E-state index contributed by atoms with van der Waals surface area (Å²) in [5, 5.41) is 8.90. The number of nitrogens with zero attached hydrogens (tertiary/aromatic N) is 2. The van der Waals surface area contributed by atoms with Gasteiger partial charge in [0.15, 0.2) is 5.78 Å². The number of carbonyl (C=O) groups is 1. The molecule has 0 aliphatic rings. The maximum Gasteiger partial charge on any atom is 0.178 e. The molecule has 0 N–H and O–H groups in total. The fourth-order valence-corrected chi connectivity index (χ4v) is 1.58. The van der Waals surface area contributed by atoms with Gasteiger partial charge in [0.25, 0.3) is 0 Å². The summed E-state index contributed by atoms with van der Waals surface area (Å²) in [6.45, 7) is 0.873. The third kappa shape index (κ3) is 3.65. The van der Waals surface area contributed by atoms with E-state index in [1.807, 2.05) is 18.0 Å². The van der Waals surface area contributed by atoms with Crippen LogP contribution in [0.4, 0.5) is 0 Å². The van der Waals surface area contributed by atoms with Crippen molar-refractivity contribution in [3.63, 3.8) is 0 Å². The van der Waals surface area contributed by atoms with Crippen LogP contribution in [0.25, 0.3) is 0 Å². The SMILES string of the molecule is CN(CCC#N)CC(=O)c1ccccc1Cl. The monoisotopic (exact) mass is 236 g/mol. The second kappa shape index (κ2) is 6.26. The molecule has 3 nitrogen and oxygen atoms in total. The Labute approximate surface area is 100 Å². The van der Waals surface area contributed by atoms with E-state index in [1.165, 1.54) is 0 Å². The maximum atomic E-state index is 11.8. The predicted octanol–water partition coefficient (Wildman–Crippen LogP) is 2.37. The summed E-state index contributed by atoms with van der Waals surface area (Å²) in [6, 6.07) is 9.03. The lowest BCUT2D eigenvalue weighted by molar-refractivity contribution is 0.0947. The van der Waals surface area contributed by atoms with Crippen molar-refractivity contribution in [3.05, 3.63) is 34.9 Å². The number of hydrogen-bond acceptors (Lipinski definition) is 3. The molecule has 0 aliphatic carbocycles. The molecular weight excluding hydrogens is 224 g/mol. The number of likely N-dealkylation sites (N-methyl/N-ethyl adjacent to an activating group) is 1. The normalized spacial score (nSPS) is 10.1. The summed E-state index contributed by atoms with van der Waals surface area (Å²) < 4.78 is 0. The molecule has 0 radical (unpaired) electrons. The fourth-order valence-electron chi connectivity index (χ4n) is 1.34. The first kappa shape index (κ1) is 12.7. The van der Waals surface area contributed by atoms with Gasteiger partial charge in [0.05, 0.1) is 17.6 Å². The molecule has 1 aromatic rings. The van der Waals surface area contributed by atoms with Gasteiger partial charge < -0.3 is 0 Å². The largest absolute Gasteiger partial charge is 0.298 e. The number of hydrogen-bond donors (Lipinski definition) is 0. The van der Waals surface area contributed by atoms with Crippen molar-refractivity contribution >= 4 is 17.4 Å². The molecule has 84 valence electrons. The molecule has 0 spiro atoms. The fraction of sp³-hybridized carbons (Fsp3) is 0.333. The number of nitriles is 1. The number of Topliss-reactive ketones (excluding diaryl/α,β-unsaturated/α-hetero) is 1. The third-order valence-electron chi connectivity index (χ3n) is 2.19. The molecule has 0 atom stereocenters. The molecule has 4 heteroatoms. The lowest BCUT2D eigenvalue weighted by atomic mass is 10.1. The maximum absolute atomic E-state index is 11.8. The zero-order chi connectivity index (χ0) is 12.0. The van der Waals surface area contributed by atoms with Crippen LogP contribution in [0.15, 0.2) is 24.3 Å². The Morgan fingerprint density at radius 3 is 2.81 bits per heavy atom. The molecule has 0 amide bonds. The Bertz CT molecular complexity index is 412. The van der Waals surface area contributed by atoms with Crippen LogP contribution in [0.5, 0.6) is 0 Å². The first-order valence-corrected chi connectivity index (χ1v) is 5.36. The Morgan fingerprint density at radius 1 is 1.50 bits per heavy atom. The first-order chi connectivity index (χ1) is 7.65. The van der Waals surface area contributed by atoms with Gasteiger partial charge in [-0.2, -0.15) is 5.26 Å². The second-order valence-corrected chi connectivity index (χ2v) is 3.96. The average Bonchev–Trinajstić information content (AvgIpc) is 2.26. The number of halogens is 1. The van der Waals surface area contributed by atoms with Crippen molar-refractivity contribution in [3.8, 4) is 6.07 Å². The summed E-state index contributed by atoms with van der Waals surface area (Å²) in [4.78, 5) is 13.6. The van der Waals surface area contributed by atoms with Gasteiger partial charge in [-0.1, -0.05) is 23.7 Å². The Hall–Kier alpha value is -1.37. The predicted molar refractivity (Wildman–Crippen MR) is 63.5 cm³/mol. The molecule has 0 fully saturated rings. The van der Waals surface area contributed by atoms with E-state index in [2.05, 4.69) is 0 Å². The van der Waals surface area contributed by atoms with Crippen LogP contribution in [-0.2, 0) is 0 Å². The van der Waals surface area contributed by atoms with Gasteiger partial charge in [0.1, 0.15) is 0 Å². The molecule has 0 aliphatic heterocycles. The number of rotatable bonds is 5. The van der Waals surface area contributed by atoms with Gasteiger partial charge in [-0.25, -0.2) is 0 Å². The summed E-state index contributed by atoms with van der Waals surface area (Å²) in [5.74, 6) is -0.0222. The lowest BCUT2D eigenvalue weighted by Crippen LogP contribution is -2.27. The van der Waals surface area contributed by atoms with Crippen molar-refractivity contribution < 1.29 is 4.79 Å². The van der Waals surface area contributed by atoms with E-state index in [1.54, 1.807) is 24.3 Å². The number of carbonyl (C=O) groups excluding carboxylic acids is 1. The topological polar surface area (TPSA) is 44.1 Å². The summed E-state index contributed by atoms with van der Waals surface area (Å²) in [7, 11) is 1.81. The van der Waals surface area contributed by atoms with Gasteiger partial charge in [0.2, 0.25) is 0 Å². The number of ketones is 1. The highest BCUT2D eigenvalue weighted by Gasteiger charge is 2.11. The molecular formula is C12H13ClN2O. The highest BCUT2D eigenvalue weighted by molar-refractivity contribution is 6.34. The minimum Gasteiger partial charge on any atom is -0.298 e. The van der Waals surface area contributed by atoms with Crippen LogP contribution < -0.4 is 0 Å². The van der Waals surface area contributed by atoms with E-state index in [0.717, 1.165) is 0 Å². The molecule has 0 unspecified atom stereocenters. The molecule has 16 heavy (non-hydrogen) atoms. The van der Waals surface area contributed by atoms with E-state index in [-0.39, 0.29) is 12.3 Å². The van der Waals surface area contributed by atoms with E-state index >= 15 is 0 Å². The summed E-state index contributed by atoms with van der Waals surface area (Å²) in [5.41, 5.74) is 0.535. The van der Waals surface area contributed by atoms with Gasteiger partial charge in [0, 0.05) is 18.5 Å². The highest BCUT2D eigenvalue weighted by Crippen LogP contribution is 2.15. The zero-order valence-corrected chi connectivity index (χ0v) is 9.87. The Morgan fingerprint density at radius 2 is 2.19 bits per heavy atom. The zero-order valence-electron chi connectivity index (χ0n) is 9.11. The van der Waals surface area contributed by atoms with Crippen molar-refractivity contribution in [1.82, 2.24) is 4.90 Å². The smallest absolute Gasteiger partial charge is 0.178 e. The highest BCUT2D eigenvalue weighted by atomic mass is 35.5. The minimum absolute atomic E-state index is 0.0222. The Balaban J connectivity index is 2.60. The van der Waals surface area contributed by atoms with Crippen molar-refractivity contribution in [2.24, 2.45) is 0 Å². The summed E-state index contributed by atoms with van der Waals surface area (Å²) in [6.07, 6.45) is 0.423. The van der Waals surface area contributed by atoms with Gasteiger partial charge in [-0.3, -0.25) is 9.69 Å². The minimum atomic E-state index is -0.0222. The molecule has 1 aromatic carbocycles. The second-order valence-electron chi connectivity index (χ2n) is 3.55. The van der Waals surface area contributed by atoms with E-state index in [9.17, 15) is 4.79 Å². The van der Waals surface area contributed by atoms with E-state index in [4.69, 9.17) is 16.9 Å². The van der Waals surface area contributed by atoms with Gasteiger partial charge in [-0.15, -0.1) is 0 Å². The van der Waals surface area contributed by atoms with Crippen LogP contribution in [0.2, 0.25) is 5.02 Å². The third-order valence-corrected chi connectivity index (χ3v) is 2.52. The van der Waals surface area contributed by atoms with Crippen molar-refractivity contribution in [1.29, 1.82) is 5.26 Å². The molecule has 0 aromatic heterocycles. The van der Waals surface area contributed by atoms with Crippen LogP contribution >= 0.6 is 11.6 Å². The quantitative estimate of drug-likeness (QED) is 0.738. The van der Waals surface area contributed by atoms with E-state index in [0.29, 0.717) is 23.6 Å². The van der Waals surface area contributed by atoms with Crippen molar-refractivity contribution in [2.75, 3.05) is 20.1 Å². The van der Waals surface area contributed by atoms with Crippen molar-refractivity contribution in [2.45, 2.75) is 6.42 Å². The average molecular weight is 237 g/mol. The standard InChI is InChI=1S/C12H13ClN2O/c1-15(8-4-7-14)9-12(16)10-5-2-3-6-11(10)13/h2-3,5-6H,4,8-9H2,1H3. The Kier molecular flexibility index (Phi) is 4.97. The van der Waals surface area contributed by atoms with Gasteiger partial charge >= 0.3 is 0 Å². The summed E-state index contributed by atoms with van der Waals surface area (Å²) >= 11 is 5.92. The molecule has 1 rings (SSSR count). The van der Waals surface area contributed by atoms with Crippen LogP contribution in [-0.4, -0.2) is 30.8 Å². The number of benzene rings is 1. The van der Waals surface area contributed by atoms with Gasteiger partial charge in [-0.05, 0) is 19.2 Å². The van der Waals surface area contributed by atoms with Crippen LogP contribution in [0.3, 0.4) is 0 Å². The molecule has 0 heterocycles. The first-order valence-electron chi connectivity index (χ1n) is 4.98. The molecule has 0 saturated carbocycles. The van der Waals surface area contributed by atoms with E-state index < -0.39 is 0 Å². The molecule has 0 saturated heterocycles. The van der Waals surface area contributed by atoms with Crippen LogP contribution in [0.1, 0.15) is 16.8 Å². The lowest BCUT2D eigenvalue weighted by Gasteiger charge is -2.13. The van der Waals surface area contributed by atoms with Crippen LogP contribution in [0, 0.1) is 11.3 Å². The molecule has 0 bridgehead atoms.